The van der Waals surface area contributed by atoms with E-state index in [0.717, 1.165) is 6.07 Å². The van der Waals surface area contributed by atoms with E-state index in [9.17, 15) is 18.8 Å². The largest absolute Gasteiger partial charge is 0.477 e. The molecule has 2 amide bonds. The van der Waals surface area contributed by atoms with Gasteiger partial charge in [0.05, 0.1) is 5.56 Å². The minimum Gasteiger partial charge on any atom is -0.477 e. The van der Waals surface area contributed by atoms with E-state index in [-0.39, 0.29) is 29.9 Å². The van der Waals surface area contributed by atoms with Gasteiger partial charge in [-0.1, -0.05) is 15.9 Å². The Labute approximate surface area is 122 Å². The van der Waals surface area contributed by atoms with Crippen LogP contribution in [-0.2, 0) is 9.59 Å². The molecule has 1 fully saturated rings. The molecule has 1 unspecified atom stereocenters. The van der Waals surface area contributed by atoms with Gasteiger partial charge in [0.15, 0.2) is 23.5 Å². The van der Waals surface area contributed by atoms with Gasteiger partial charge in [0.25, 0.3) is 5.91 Å². The summed E-state index contributed by atoms with van der Waals surface area (Å²) in [5, 5.41) is 2.11. The van der Waals surface area contributed by atoms with Crippen LogP contribution in [0.25, 0.3) is 0 Å². The van der Waals surface area contributed by atoms with Crippen molar-refractivity contribution in [3.05, 3.63) is 28.0 Å². The molecule has 0 bridgehead atoms. The predicted octanol–water partition coefficient (Wildman–Crippen LogP) is 1.97. The second-order valence-corrected chi connectivity index (χ2v) is 5.29. The maximum atomic E-state index is 13.9. The molecule has 0 aliphatic carbocycles. The Bertz CT molecular complexity index is 602. The highest BCUT2D eigenvalue weighted by Gasteiger charge is 2.30. The zero-order valence-electron chi connectivity index (χ0n) is 10.5. The molecule has 1 aliphatic heterocycles. The summed E-state index contributed by atoms with van der Waals surface area (Å²) in [6.45, 7) is 1.28. The van der Waals surface area contributed by atoms with Crippen molar-refractivity contribution < 1.29 is 23.5 Å². The summed E-state index contributed by atoms with van der Waals surface area (Å²) in [5.41, 5.74) is 0.0431. The second-order valence-electron chi connectivity index (χ2n) is 4.38. The van der Waals surface area contributed by atoms with Gasteiger partial charge in [0.2, 0.25) is 5.91 Å². The van der Waals surface area contributed by atoms with Crippen LogP contribution in [0.15, 0.2) is 16.6 Å². The molecule has 5 nitrogen and oxygen atoms in total. The maximum Gasteiger partial charge on any atom is 0.267 e. The van der Waals surface area contributed by atoms with E-state index in [0.29, 0.717) is 4.47 Å². The van der Waals surface area contributed by atoms with Gasteiger partial charge in [-0.25, -0.2) is 4.39 Å². The lowest BCUT2D eigenvalue weighted by Crippen LogP contribution is -2.46. The SMILES string of the molecule is CC(=O)c1cc(Br)cc(F)c1OC1CCC(=O)NC1=O. The average molecular weight is 344 g/mol. The molecule has 1 aliphatic rings. The van der Waals surface area contributed by atoms with Gasteiger partial charge in [-0.3, -0.25) is 19.7 Å². The minimum atomic E-state index is -0.985. The van der Waals surface area contributed by atoms with Crippen molar-refractivity contribution in [2.45, 2.75) is 25.9 Å². The summed E-state index contributed by atoms with van der Waals surface area (Å²) in [7, 11) is 0. The van der Waals surface area contributed by atoms with Crippen LogP contribution in [0.4, 0.5) is 4.39 Å². The number of ketones is 1. The maximum absolute atomic E-state index is 13.9. The van der Waals surface area contributed by atoms with Crippen molar-refractivity contribution >= 4 is 33.5 Å². The third-order valence-electron chi connectivity index (χ3n) is 2.84. The van der Waals surface area contributed by atoms with Crippen molar-refractivity contribution in [1.29, 1.82) is 0 Å². The van der Waals surface area contributed by atoms with E-state index < -0.39 is 23.7 Å². The summed E-state index contributed by atoms with van der Waals surface area (Å²) in [5.74, 6) is -2.41. The fraction of sp³-hybridized carbons (Fsp3) is 0.308. The van der Waals surface area contributed by atoms with Crippen LogP contribution in [0.2, 0.25) is 0 Å². The molecule has 1 atom stereocenters. The van der Waals surface area contributed by atoms with Gasteiger partial charge in [0.1, 0.15) is 0 Å². The molecule has 1 heterocycles. The number of carbonyl (C=O) groups excluding carboxylic acids is 3. The van der Waals surface area contributed by atoms with Gasteiger partial charge in [-0.05, 0) is 19.1 Å². The smallest absolute Gasteiger partial charge is 0.267 e. The van der Waals surface area contributed by atoms with Crippen molar-refractivity contribution in [1.82, 2.24) is 5.32 Å². The first-order chi connectivity index (χ1) is 9.38. The molecule has 2 rings (SSSR count). The summed E-state index contributed by atoms with van der Waals surface area (Å²) in [6.07, 6.45) is -0.719. The fourth-order valence-electron chi connectivity index (χ4n) is 1.87. The lowest BCUT2D eigenvalue weighted by Gasteiger charge is -2.23. The number of halogens is 2. The first kappa shape index (κ1) is 14.6. The van der Waals surface area contributed by atoms with Gasteiger partial charge >= 0.3 is 0 Å². The van der Waals surface area contributed by atoms with Gasteiger partial charge in [-0.15, -0.1) is 0 Å². The summed E-state index contributed by atoms with van der Waals surface area (Å²) in [6, 6.07) is 2.57. The van der Waals surface area contributed by atoms with Crippen molar-refractivity contribution in [3.8, 4) is 5.75 Å². The molecule has 0 radical (unpaired) electrons. The van der Waals surface area contributed by atoms with E-state index in [1.54, 1.807) is 0 Å². The Kier molecular flexibility index (Phi) is 4.17. The molecule has 1 saturated heterocycles. The van der Waals surface area contributed by atoms with Gasteiger partial charge in [-0.2, -0.15) is 0 Å². The highest BCUT2D eigenvalue weighted by Crippen LogP contribution is 2.29. The molecule has 20 heavy (non-hydrogen) atoms. The third-order valence-corrected chi connectivity index (χ3v) is 3.29. The Morgan fingerprint density at radius 1 is 1.45 bits per heavy atom. The number of carbonyl (C=O) groups is 3. The Morgan fingerprint density at radius 3 is 2.75 bits per heavy atom. The topological polar surface area (TPSA) is 72.5 Å². The normalized spacial score (nSPS) is 18.6. The van der Waals surface area contributed by atoms with Crippen LogP contribution in [-0.4, -0.2) is 23.7 Å². The predicted molar refractivity (Wildman–Crippen MR) is 70.9 cm³/mol. The number of nitrogens with one attached hydrogen (secondary N) is 1. The molecule has 1 N–H and O–H groups in total. The van der Waals surface area contributed by atoms with Crippen LogP contribution in [0, 0.1) is 5.82 Å². The summed E-state index contributed by atoms with van der Waals surface area (Å²) >= 11 is 3.09. The Balaban J connectivity index is 2.31. The molecule has 0 saturated carbocycles. The van der Waals surface area contributed by atoms with Crippen LogP contribution in [0.1, 0.15) is 30.1 Å². The zero-order valence-corrected chi connectivity index (χ0v) is 12.1. The molecule has 0 spiro atoms. The first-order valence-electron chi connectivity index (χ1n) is 5.89. The van der Waals surface area contributed by atoms with Crippen LogP contribution in [0.3, 0.4) is 0 Å². The number of ether oxygens (including phenoxy) is 1. The highest BCUT2D eigenvalue weighted by molar-refractivity contribution is 9.10. The standard InChI is InChI=1S/C13H11BrFNO4/c1-6(17)8-4-7(14)5-9(15)12(8)20-10-2-3-11(18)16-13(10)19/h4-5,10H,2-3H2,1H3,(H,16,18,19). The van der Waals surface area contributed by atoms with Crippen molar-refractivity contribution in [2.75, 3.05) is 0 Å². The molecule has 1 aromatic carbocycles. The summed E-state index contributed by atoms with van der Waals surface area (Å²) in [4.78, 5) is 34.2. The quantitative estimate of drug-likeness (QED) is 0.672. The number of Topliss-reactive ketones (excluding diaryl/α,β-unsaturated/α-hetero) is 1. The average Bonchev–Trinajstić information content (AvgIpc) is 2.34. The molecule has 1 aromatic rings. The number of rotatable bonds is 3. The summed E-state index contributed by atoms with van der Waals surface area (Å²) < 4.78 is 19.6. The van der Waals surface area contributed by atoms with Crippen LogP contribution < -0.4 is 10.1 Å². The number of hydrogen-bond acceptors (Lipinski definition) is 4. The monoisotopic (exact) mass is 343 g/mol. The van der Waals surface area contributed by atoms with Crippen molar-refractivity contribution in [3.63, 3.8) is 0 Å². The minimum absolute atomic E-state index is 0.0431. The Hall–Kier alpha value is -1.76. The number of piperidine rings is 1. The molecule has 7 heteroatoms. The first-order valence-corrected chi connectivity index (χ1v) is 6.68. The second kappa shape index (κ2) is 5.70. The number of amides is 2. The third kappa shape index (κ3) is 3.04. The molecule has 0 aromatic heterocycles. The van der Waals surface area contributed by atoms with Gasteiger partial charge < -0.3 is 4.74 Å². The lowest BCUT2D eigenvalue weighted by molar-refractivity contribution is -0.138. The number of imide groups is 1. The molecule has 106 valence electrons. The van der Waals surface area contributed by atoms with E-state index in [2.05, 4.69) is 21.2 Å². The highest BCUT2D eigenvalue weighted by atomic mass is 79.9. The van der Waals surface area contributed by atoms with E-state index >= 15 is 0 Å². The van der Waals surface area contributed by atoms with Crippen LogP contribution in [0.5, 0.6) is 5.75 Å². The lowest BCUT2D eigenvalue weighted by atomic mass is 10.1. The van der Waals surface area contributed by atoms with E-state index in [4.69, 9.17) is 4.74 Å². The fourth-order valence-corrected chi connectivity index (χ4v) is 2.30. The van der Waals surface area contributed by atoms with E-state index in [1.807, 2.05) is 0 Å². The van der Waals surface area contributed by atoms with E-state index in [1.165, 1.54) is 13.0 Å². The molecular formula is C13H11BrFNO4. The van der Waals surface area contributed by atoms with Crippen LogP contribution >= 0.6 is 15.9 Å². The van der Waals surface area contributed by atoms with Gasteiger partial charge in [0, 0.05) is 17.3 Å². The zero-order chi connectivity index (χ0) is 14.9. The Morgan fingerprint density at radius 2 is 2.15 bits per heavy atom. The molecular weight excluding hydrogens is 333 g/mol. The van der Waals surface area contributed by atoms with Crippen molar-refractivity contribution in [2.24, 2.45) is 0 Å². The number of hydrogen-bond donors (Lipinski definition) is 1. The number of benzene rings is 1.